The van der Waals surface area contributed by atoms with Crippen LogP contribution in [0.15, 0.2) is 29.2 Å². The average Bonchev–Trinajstić information content (AvgIpc) is 2.86. The number of amides is 2. The van der Waals surface area contributed by atoms with Gasteiger partial charge in [-0.25, -0.2) is 24.8 Å². The van der Waals surface area contributed by atoms with Crippen LogP contribution in [-0.4, -0.2) is 70.1 Å². The molecule has 0 aromatic heterocycles. The Hall–Kier alpha value is -3.08. The van der Waals surface area contributed by atoms with Crippen LogP contribution in [0.1, 0.15) is 74.3 Å². The summed E-state index contributed by atoms with van der Waals surface area (Å²) in [5, 5.41) is 10.1. The quantitative estimate of drug-likeness (QED) is 0.0993. The molecule has 0 saturated carbocycles. The van der Waals surface area contributed by atoms with E-state index >= 15 is 0 Å². The number of ether oxygens (including phenoxy) is 2. The second kappa shape index (κ2) is 15.6. The van der Waals surface area contributed by atoms with Crippen molar-refractivity contribution in [1.82, 2.24) is 10.4 Å². The van der Waals surface area contributed by atoms with Crippen LogP contribution in [-0.2, 0) is 28.6 Å². The number of aryl methyl sites for hydroxylation is 1. The standard InChI is InChI=1S/C30H48N2O9SSi/c1-20(2)43(21(3)4,22(5)6)19-17-24(16-18-40-42(37,38)25-14-12-23(7)13-15-25)26(27(33)39-11)32(31-28(34)35)29(36)41-30(8,9)10/h12-15,20-22,24,26,31H,16,18H2,1-11H3,(H,34,35). The van der Waals surface area contributed by atoms with Crippen molar-refractivity contribution in [3.05, 3.63) is 29.8 Å². The first-order chi connectivity index (χ1) is 19.7. The zero-order valence-corrected chi connectivity index (χ0v) is 29.0. The van der Waals surface area contributed by atoms with E-state index in [-0.39, 0.29) is 27.9 Å². The molecule has 13 heteroatoms. The van der Waals surface area contributed by atoms with Crippen molar-refractivity contribution in [1.29, 1.82) is 0 Å². The van der Waals surface area contributed by atoms with E-state index in [9.17, 15) is 27.9 Å². The molecule has 0 bridgehead atoms. The summed E-state index contributed by atoms with van der Waals surface area (Å²) in [5.41, 5.74) is 5.95. The number of hydrogen-bond donors (Lipinski definition) is 2. The Morgan fingerprint density at radius 3 is 1.93 bits per heavy atom. The van der Waals surface area contributed by atoms with Crippen molar-refractivity contribution in [2.45, 2.75) is 109 Å². The largest absolute Gasteiger partial charge is 0.467 e. The van der Waals surface area contributed by atoms with Crippen LogP contribution in [0.3, 0.4) is 0 Å². The molecule has 0 spiro atoms. The lowest BCUT2D eigenvalue weighted by Gasteiger charge is -2.38. The van der Waals surface area contributed by atoms with E-state index in [0.717, 1.165) is 12.7 Å². The lowest BCUT2D eigenvalue weighted by Crippen LogP contribution is -2.58. The first-order valence-corrected chi connectivity index (χ1v) is 17.9. The first kappa shape index (κ1) is 37.9. The van der Waals surface area contributed by atoms with Crippen molar-refractivity contribution >= 4 is 36.3 Å². The van der Waals surface area contributed by atoms with E-state index in [1.807, 2.05) is 12.3 Å². The van der Waals surface area contributed by atoms with Gasteiger partial charge in [0.2, 0.25) is 0 Å². The fraction of sp³-hybridized carbons (Fsp3) is 0.633. The number of benzene rings is 1. The van der Waals surface area contributed by atoms with E-state index in [2.05, 4.69) is 53.0 Å². The molecule has 0 heterocycles. The lowest BCUT2D eigenvalue weighted by molar-refractivity contribution is -0.149. The number of carbonyl (C=O) groups is 3. The number of rotatable bonds is 11. The highest BCUT2D eigenvalue weighted by atomic mass is 32.2. The van der Waals surface area contributed by atoms with Gasteiger partial charge in [0.1, 0.15) is 13.7 Å². The van der Waals surface area contributed by atoms with Crippen molar-refractivity contribution in [2.24, 2.45) is 5.92 Å². The summed E-state index contributed by atoms with van der Waals surface area (Å²) in [7, 11) is -5.45. The Morgan fingerprint density at radius 1 is 1.00 bits per heavy atom. The van der Waals surface area contributed by atoms with Gasteiger partial charge >= 0.3 is 18.2 Å². The summed E-state index contributed by atoms with van der Waals surface area (Å²) in [4.78, 5) is 38.2. The minimum atomic E-state index is -4.16. The molecule has 2 atom stereocenters. The summed E-state index contributed by atoms with van der Waals surface area (Å²) in [5.74, 6) is 1.12. The number of hydrogen-bond acceptors (Lipinski definition) is 8. The molecule has 1 rings (SSSR count). The predicted octanol–water partition coefficient (Wildman–Crippen LogP) is 5.89. The van der Waals surface area contributed by atoms with Gasteiger partial charge in [0.05, 0.1) is 24.5 Å². The molecule has 0 saturated heterocycles. The van der Waals surface area contributed by atoms with Gasteiger partial charge in [-0.15, -0.1) is 11.5 Å². The zero-order valence-electron chi connectivity index (χ0n) is 27.2. The van der Waals surface area contributed by atoms with E-state index in [0.29, 0.717) is 5.01 Å². The van der Waals surface area contributed by atoms with E-state index < -0.39 is 60.5 Å². The van der Waals surface area contributed by atoms with Gasteiger partial charge in [-0.1, -0.05) is 59.2 Å². The van der Waals surface area contributed by atoms with Crippen molar-refractivity contribution in [2.75, 3.05) is 13.7 Å². The Morgan fingerprint density at radius 2 is 1.51 bits per heavy atom. The molecule has 2 unspecified atom stereocenters. The van der Waals surface area contributed by atoms with Crippen LogP contribution in [0.2, 0.25) is 16.6 Å². The summed E-state index contributed by atoms with van der Waals surface area (Å²) < 4.78 is 41.5. The molecule has 0 fully saturated rings. The van der Waals surface area contributed by atoms with Crippen LogP contribution in [0.4, 0.5) is 9.59 Å². The maximum atomic E-state index is 13.3. The number of methoxy groups -OCH3 is 1. The maximum absolute atomic E-state index is 13.3. The second-order valence-corrected chi connectivity index (χ2v) is 19.6. The highest BCUT2D eigenvalue weighted by Crippen LogP contribution is 2.41. The van der Waals surface area contributed by atoms with Crippen molar-refractivity contribution in [3.8, 4) is 11.5 Å². The van der Waals surface area contributed by atoms with Crippen molar-refractivity contribution in [3.63, 3.8) is 0 Å². The van der Waals surface area contributed by atoms with Crippen molar-refractivity contribution < 1.29 is 41.6 Å². The monoisotopic (exact) mass is 640 g/mol. The Bertz CT molecular complexity index is 1260. The van der Waals surface area contributed by atoms with Crippen LogP contribution in [0.5, 0.6) is 0 Å². The topological polar surface area (TPSA) is 149 Å². The molecule has 0 radical (unpaired) electrons. The highest BCUT2D eigenvalue weighted by molar-refractivity contribution is 7.86. The molecule has 43 heavy (non-hydrogen) atoms. The van der Waals surface area contributed by atoms with E-state index in [1.54, 1.807) is 32.9 Å². The highest BCUT2D eigenvalue weighted by Gasteiger charge is 2.44. The molecule has 11 nitrogen and oxygen atoms in total. The SMILES string of the molecule is COC(=O)C(C(C#C[Si](C(C)C)(C(C)C)C(C)C)CCOS(=O)(=O)c1ccc(C)cc1)N(NC(=O)O)C(=O)OC(C)(C)C. The average molecular weight is 641 g/mol. The molecular formula is C30H48N2O9SSi. The predicted molar refractivity (Wildman–Crippen MR) is 166 cm³/mol. The minimum absolute atomic E-state index is 0.0426. The molecular weight excluding hydrogens is 592 g/mol. The number of carbonyl (C=O) groups excluding carboxylic acids is 2. The van der Waals surface area contributed by atoms with E-state index in [4.69, 9.17) is 13.7 Å². The van der Waals surface area contributed by atoms with Gasteiger partial charge in [-0.05, 0) is 62.9 Å². The normalized spacial score (nSPS) is 13.6. The number of hydrazine groups is 1. The summed E-state index contributed by atoms with van der Waals surface area (Å²) >= 11 is 0. The number of nitrogens with one attached hydrogen (secondary N) is 1. The molecule has 242 valence electrons. The van der Waals surface area contributed by atoms with Crippen LogP contribution >= 0.6 is 0 Å². The van der Waals surface area contributed by atoms with Gasteiger partial charge in [0, 0.05) is 0 Å². The fourth-order valence-electron chi connectivity index (χ4n) is 5.23. The maximum Gasteiger partial charge on any atom is 0.430 e. The van der Waals surface area contributed by atoms with Gasteiger partial charge in [0.15, 0.2) is 6.04 Å². The van der Waals surface area contributed by atoms with Crippen LogP contribution < -0.4 is 5.43 Å². The van der Waals surface area contributed by atoms with Crippen LogP contribution in [0, 0.1) is 24.3 Å². The molecule has 1 aromatic rings. The van der Waals surface area contributed by atoms with Crippen LogP contribution in [0.25, 0.3) is 0 Å². The fourth-order valence-corrected chi connectivity index (χ4v) is 11.5. The van der Waals surface area contributed by atoms with Gasteiger partial charge in [-0.3, -0.25) is 4.18 Å². The summed E-state index contributed by atoms with van der Waals surface area (Å²) in [6, 6.07) is 4.51. The summed E-state index contributed by atoms with van der Waals surface area (Å²) in [6.07, 6.45) is -2.93. The second-order valence-electron chi connectivity index (χ2n) is 12.4. The molecule has 0 aliphatic carbocycles. The molecule has 1 aromatic carbocycles. The minimum Gasteiger partial charge on any atom is -0.467 e. The smallest absolute Gasteiger partial charge is 0.430 e. The Kier molecular flexibility index (Phi) is 13.8. The molecule has 2 N–H and O–H groups in total. The molecule has 2 amide bonds. The lowest BCUT2D eigenvalue weighted by atomic mass is 9.97. The van der Waals surface area contributed by atoms with Gasteiger partial charge in [-0.2, -0.15) is 8.42 Å². The van der Waals surface area contributed by atoms with Gasteiger partial charge < -0.3 is 14.6 Å². The summed E-state index contributed by atoms with van der Waals surface area (Å²) in [6.45, 7) is 18.8. The Labute approximate surface area is 257 Å². The Balaban J connectivity index is 3.76. The number of carboxylic acid groups (broad SMARTS) is 1. The van der Waals surface area contributed by atoms with Gasteiger partial charge in [0.25, 0.3) is 10.1 Å². The van der Waals surface area contributed by atoms with E-state index in [1.165, 1.54) is 12.1 Å². The third-order valence-corrected chi connectivity index (χ3v) is 14.9. The third kappa shape index (κ3) is 10.5. The number of nitrogens with zero attached hydrogens (tertiary/aromatic N) is 1. The zero-order chi connectivity index (χ0) is 33.3. The molecule has 0 aliphatic heterocycles. The molecule has 0 aliphatic rings. The number of esters is 1. The first-order valence-electron chi connectivity index (χ1n) is 14.3. The third-order valence-electron chi connectivity index (χ3n) is 7.23.